The van der Waals surface area contributed by atoms with E-state index in [4.69, 9.17) is 7.85 Å². The van der Waals surface area contributed by atoms with Crippen LogP contribution < -0.4 is 10.6 Å². The average Bonchev–Trinajstić information content (AvgIpc) is 3.10. The highest BCUT2D eigenvalue weighted by atomic mass is 14.9. The van der Waals surface area contributed by atoms with E-state index in [0.29, 0.717) is 17.8 Å². The van der Waals surface area contributed by atoms with Crippen molar-refractivity contribution in [1.29, 1.82) is 0 Å². The Bertz CT molecular complexity index is 1490. The molecule has 2 radical (unpaired) electrons. The van der Waals surface area contributed by atoms with Crippen LogP contribution in [0.15, 0.2) is 85.5 Å². The van der Waals surface area contributed by atoms with Crippen molar-refractivity contribution in [2.24, 2.45) is 61.6 Å². The molecular weight excluding hydrogens is 675 g/mol. The highest BCUT2D eigenvalue weighted by molar-refractivity contribution is 6.16. The minimum atomic E-state index is -0.397. The smallest absolute Gasteiger partial charge is 0.0757 e. The fourth-order valence-corrected chi connectivity index (χ4v) is 10.9. The predicted octanol–water partition coefficient (Wildman–Crippen LogP) is 16.0. The molecule has 0 amide bonds. The predicted molar refractivity (Wildman–Crippen MR) is 254 cm³/mol. The maximum absolute atomic E-state index is 7.67. The molecular formula is C53H89BN2. The van der Waals surface area contributed by atoms with Crippen molar-refractivity contribution < 1.29 is 0 Å². The molecule has 0 aliphatic rings. The maximum Gasteiger partial charge on any atom is 0.0757 e. The Morgan fingerprint density at radius 2 is 1.07 bits per heavy atom. The first kappa shape index (κ1) is 49.7. The van der Waals surface area contributed by atoms with E-state index >= 15 is 0 Å². The van der Waals surface area contributed by atoms with Crippen LogP contribution in [0.25, 0.3) is 0 Å². The van der Waals surface area contributed by atoms with Crippen LogP contribution in [0.1, 0.15) is 157 Å². The molecule has 0 aliphatic carbocycles. The molecule has 0 saturated heterocycles. The van der Waals surface area contributed by atoms with Gasteiger partial charge in [0, 0.05) is 24.5 Å². The zero-order chi connectivity index (χ0) is 43.0. The summed E-state index contributed by atoms with van der Waals surface area (Å²) < 4.78 is 0. The summed E-state index contributed by atoms with van der Waals surface area (Å²) in [4.78, 5) is 0. The first-order valence-electron chi connectivity index (χ1n) is 22.2. The van der Waals surface area contributed by atoms with E-state index in [1.165, 1.54) is 17.8 Å². The van der Waals surface area contributed by atoms with E-state index in [-0.39, 0.29) is 43.8 Å². The molecule has 2 nitrogen and oxygen atoms in total. The third-order valence-electron chi connectivity index (χ3n) is 16.0. The van der Waals surface area contributed by atoms with Gasteiger partial charge in [-0.1, -0.05) is 197 Å². The van der Waals surface area contributed by atoms with Gasteiger partial charge in [-0.15, -0.1) is 6.58 Å². The van der Waals surface area contributed by atoms with Crippen LogP contribution in [-0.4, -0.2) is 20.9 Å². The first-order valence-corrected chi connectivity index (χ1v) is 22.2. The van der Waals surface area contributed by atoms with E-state index in [2.05, 4.69) is 221 Å². The van der Waals surface area contributed by atoms with Crippen molar-refractivity contribution >= 4 is 19.2 Å². The van der Waals surface area contributed by atoms with E-state index in [9.17, 15) is 0 Å². The number of nitrogens with one attached hydrogen (secondary N) is 2. The van der Waals surface area contributed by atoms with Gasteiger partial charge < -0.3 is 10.6 Å². The van der Waals surface area contributed by atoms with Gasteiger partial charge in [0.2, 0.25) is 0 Å². The summed E-state index contributed by atoms with van der Waals surface area (Å²) in [6, 6.07) is 21.3. The molecule has 3 heteroatoms. The Morgan fingerprint density at radius 3 is 1.48 bits per heavy atom. The number of allylic oxidation sites excluding steroid dienone is 3. The summed E-state index contributed by atoms with van der Waals surface area (Å²) in [5.41, 5.74) is 2.67. The van der Waals surface area contributed by atoms with Crippen LogP contribution in [-0.2, 0) is 0 Å². The van der Waals surface area contributed by atoms with Crippen LogP contribution >= 0.6 is 0 Å². The molecule has 0 saturated carbocycles. The number of benzene rings is 2. The Labute approximate surface area is 350 Å². The zero-order valence-electron chi connectivity index (χ0n) is 40.0. The standard InChI is InChI=1S/C53H89BN2/c1-20-44(49(13,14)51(17,18)45(47(8,9)10)40(4)38-55-42-31-25-23-26-32-42)50(15,16)53(54,22-3)36-30-29-35-48(11,12)52(19,21-2)37-41(46(5,6)7)39-56-43-33-27-24-28-34-43/h20,23-34,40-41,44-45,55-56H,1,21-22,35-39H2,2-19H3/b30-29+. The number of para-hydroxylation sites is 2. The highest BCUT2D eigenvalue weighted by Gasteiger charge is 2.57. The van der Waals surface area contributed by atoms with Crippen LogP contribution in [0.2, 0.25) is 5.31 Å². The SMILES string of the molecule is [B]C(CC)(C/C=C/CC(C)(C)C(C)(CC)CC(CNc1ccccc1)C(C)(C)C)C(C)(C)C(C=C)C(C)(C)C(C)(C)C(C(C)CNc1ccccc1)C(C)(C)C. The molecule has 2 aromatic rings. The molecule has 314 valence electrons. The molecule has 0 fully saturated rings. The lowest BCUT2D eigenvalue weighted by atomic mass is 9.40. The van der Waals surface area contributed by atoms with Crippen molar-refractivity contribution in [3.63, 3.8) is 0 Å². The number of hydrogen-bond acceptors (Lipinski definition) is 2. The Morgan fingerprint density at radius 1 is 0.607 bits per heavy atom. The average molecular weight is 765 g/mol. The molecule has 2 N–H and O–H groups in total. The van der Waals surface area contributed by atoms with Crippen molar-refractivity contribution in [2.45, 2.75) is 162 Å². The summed E-state index contributed by atoms with van der Waals surface area (Å²) >= 11 is 0. The molecule has 0 aliphatic heterocycles. The van der Waals surface area contributed by atoms with Crippen LogP contribution in [0.5, 0.6) is 0 Å². The van der Waals surface area contributed by atoms with E-state index in [1.54, 1.807) is 0 Å². The highest BCUT2D eigenvalue weighted by Crippen LogP contribution is 2.65. The second kappa shape index (κ2) is 19.1. The summed E-state index contributed by atoms with van der Waals surface area (Å²) in [6.45, 7) is 50.5. The molecule has 6 atom stereocenters. The first-order chi connectivity index (χ1) is 25.6. The maximum atomic E-state index is 7.67. The minimum absolute atomic E-state index is 0.0280. The van der Waals surface area contributed by atoms with Crippen molar-refractivity contribution in [3.8, 4) is 0 Å². The quantitative estimate of drug-likeness (QED) is 0.0922. The van der Waals surface area contributed by atoms with Crippen LogP contribution in [0, 0.1) is 61.6 Å². The monoisotopic (exact) mass is 765 g/mol. The molecule has 0 spiro atoms. The third-order valence-corrected chi connectivity index (χ3v) is 16.0. The minimum Gasteiger partial charge on any atom is -0.385 e. The second-order valence-electron chi connectivity index (χ2n) is 22.6. The van der Waals surface area contributed by atoms with Gasteiger partial charge in [-0.2, -0.15) is 0 Å². The lowest BCUT2D eigenvalue weighted by Gasteiger charge is -2.61. The van der Waals surface area contributed by atoms with Gasteiger partial charge in [0.1, 0.15) is 0 Å². The third kappa shape index (κ3) is 11.6. The number of anilines is 2. The van der Waals surface area contributed by atoms with Gasteiger partial charge in [-0.3, -0.25) is 0 Å². The lowest BCUT2D eigenvalue weighted by molar-refractivity contribution is -0.0972. The van der Waals surface area contributed by atoms with Gasteiger partial charge in [0.15, 0.2) is 0 Å². The normalized spacial score (nSPS) is 18.0. The topological polar surface area (TPSA) is 24.1 Å². The van der Waals surface area contributed by atoms with Gasteiger partial charge in [-0.25, -0.2) is 0 Å². The molecule has 0 heterocycles. The Kier molecular flexibility index (Phi) is 17.0. The lowest BCUT2D eigenvalue weighted by Crippen LogP contribution is -2.55. The van der Waals surface area contributed by atoms with Gasteiger partial charge >= 0.3 is 0 Å². The van der Waals surface area contributed by atoms with Crippen molar-refractivity contribution in [3.05, 3.63) is 85.5 Å². The summed E-state index contributed by atoms with van der Waals surface area (Å²) in [5, 5.41) is 7.12. The molecule has 0 bridgehead atoms. The van der Waals surface area contributed by atoms with Crippen LogP contribution in [0.3, 0.4) is 0 Å². The Hall–Kier alpha value is -2.42. The molecule has 56 heavy (non-hydrogen) atoms. The molecule has 2 rings (SSSR count). The fraction of sp³-hybridized carbons (Fsp3) is 0.698. The van der Waals surface area contributed by atoms with Gasteiger partial charge in [0.05, 0.1) is 7.85 Å². The fourth-order valence-electron chi connectivity index (χ4n) is 10.9. The number of hydrogen-bond donors (Lipinski definition) is 2. The largest absolute Gasteiger partial charge is 0.385 e. The van der Waals surface area contributed by atoms with Gasteiger partial charge in [-0.05, 0) is 105 Å². The molecule has 2 aromatic carbocycles. The Balaban J connectivity index is 2.34. The number of rotatable bonds is 22. The summed E-state index contributed by atoms with van der Waals surface area (Å²) in [7, 11) is 7.67. The second-order valence-corrected chi connectivity index (χ2v) is 22.6. The molecule has 0 aromatic heterocycles. The van der Waals surface area contributed by atoms with Gasteiger partial charge in [0.25, 0.3) is 0 Å². The zero-order valence-corrected chi connectivity index (χ0v) is 40.0. The van der Waals surface area contributed by atoms with E-state index in [1.807, 2.05) is 0 Å². The van der Waals surface area contributed by atoms with E-state index < -0.39 is 5.31 Å². The van der Waals surface area contributed by atoms with E-state index in [0.717, 1.165) is 38.8 Å². The summed E-state index contributed by atoms with van der Waals surface area (Å²) in [5.74, 6) is 1.63. The van der Waals surface area contributed by atoms with Crippen LogP contribution in [0.4, 0.5) is 11.4 Å². The summed E-state index contributed by atoms with van der Waals surface area (Å²) in [6.07, 6.45) is 12.3. The van der Waals surface area contributed by atoms with Crippen molar-refractivity contribution in [1.82, 2.24) is 0 Å². The molecule has 6 unspecified atom stereocenters. The van der Waals surface area contributed by atoms with Crippen molar-refractivity contribution in [2.75, 3.05) is 23.7 Å².